The molecule has 0 fully saturated rings. The Hall–Kier alpha value is -1.99. The molecule has 0 spiro atoms. The van der Waals surface area contributed by atoms with Crippen LogP contribution in [0.1, 0.15) is 26.3 Å². The maximum atomic E-state index is 12.7. The number of alkyl carbamates (subject to hydrolysis) is 1. The number of carbonyl (C=O) groups excluding carboxylic acids is 1. The van der Waals surface area contributed by atoms with Gasteiger partial charge in [-0.3, -0.25) is 4.98 Å². The van der Waals surface area contributed by atoms with E-state index in [1.54, 1.807) is 20.8 Å². The molecule has 0 radical (unpaired) electrons. The lowest BCUT2D eigenvalue weighted by Gasteiger charge is -2.19. The van der Waals surface area contributed by atoms with E-state index in [1.807, 2.05) is 0 Å². The fourth-order valence-corrected chi connectivity index (χ4v) is 1.36. The predicted molar refractivity (Wildman–Crippen MR) is 69.0 cm³/mol. The quantitative estimate of drug-likeness (QED) is 0.869. The minimum Gasteiger partial charge on any atom is -0.489 e. The van der Waals surface area contributed by atoms with Crippen molar-refractivity contribution in [1.29, 1.82) is 0 Å². The molecule has 1 rings (SSSR count). The average Bonchev–Trinajstić information content (AvgIpc) is 2.32. The highest BCUT2D eigenvalue weighted by molar-refractivity contribution is 5.67. The van der Waals surface area contributed by atoms with Crippen LogP contribution in [-0.2, 0) is 10.9 Å². The van der Waals surface area contributed by atoms with Gasteiger partial charge in [0.15, 0.2) is 0 Å². The van der Waals surface area contributed by atoms with Crippen molar-refractivity contribution >= 4 is 6.09 Å². The molecule has 1 aromatic rings. The molecule has 1 N–H and O–H groups in total. The summed E-state index contributed by atoms with van der Waals surface area (Å²) in [5, 5.41) is 2.38. The van der Waals surface area contributed by atoms with Gasteiger partial charge in [0.05, 0.1) is 12.7 Å². The number of halogens is 3. The summed E-state index contributed by atoms with van der Waals surface area (Å²) in [6.07, 6.45) is -3.16. The predicted octanol–water partition coefficient (Wildman–Crippen LogP) is 3.00. The van der Waals surface area contributed by atoms with E-state index in [1.165, 1.54) is 0 Å². The first-order valence-corrected chi connectivity index (χ1v) is 6.20. The van der Waals surface area contributed by atoms with Gasteiger partial charge in [-0.2, -0.15) is 13.2 Å². The van der Waals surface area contributed by atoms with E-state index in [-0.39, 0.29) is 18.9 Å². The van der Waals surface area contributed by atoms with Crippen molar-refractivity contribution in [1.82, 2.24) is 10.3 Å². The van der Waals surface area contributed by atoms with Crippen molar-refractivity contribution in [3.63, 3.8) is 0 Å². The van der Waals surface area contributed by atoms with Gasteiger partial charge in [-0.1, -0.05) is 0 Å². The van der Waals surface area contributed by atoms with Crippen LogP contribution >= 0.6 is 0 Å². The molecule has 1 heterocycles. The third kappa shape index (κ3) is 6.33. The van der Waals surface area contributed by atoms with Gasteiger partial charge >= 0.3 is 12.3 Å². The van der Waals surface area contributed by atoms with Gasteiger partial charge in [0.1, 0.15) is 23.5 Å². The number of rotatable bonds is 4. The van der Waals surface area contributed by atoms with Gasteiger partial charge < -0.3 is 14.8 Å². The summed E-state index contributed by atoms with van der Waals surface area (Å²) >= 11 is 0. The Bertz CT molecular complexity index is 484. The van der Waals surface area contributed by atoms with Crippen molar-refractivity contribution in [2.45, 2.75) is 32.5 Å². The van der Waals surface area contributed by atoms with Crippen LogP contribution in [-0.4, -0.2) is 29.8 Å². The fourth-order valence-electron chi connectivity index (χ4n) is 1.36. The van der Waals surface area contributed by atoms with Gasteiger partial charge in [0.2, 0.25) is 0 Å². The highest BCUT2D eigenvalue weighted by Gasteiger charge is 2.34. The standard InChI is InChI=1S/C13H17F3N2O3/c1-12(2,3)21-11(19)18-6-7-20-10-8-17-5-4-9(10)13(14,15)16/h4-5,8H,6-7H2,1-3H3,(H,18,19). The number of hydrogen-bond acceptors (Lipinski definition) is 4. The van der Waals surface area contributed by atoms with Crippen LogP contribution in [0, 0.1) is 0 Å². The fraction of sp³-hybridized carbons (Fsp3) is 0.538. The van der Waals surface area contributed by atoms with Crippen LogP contribution in [0.4, 0.5) is 18.0 Å². The first-order valence-electron chi connectivity index (χ1n) is 6.20. The van der Waals surface area contributed by atoms with E-state index < -0.39 is 23.4 Å². The number of carbonyl (C=O) groups is 1. The summed E-state index contributed by atoms with van der Waals surface area (Å²) in [5.41, 5.74) is -1.55. The summed E-state index contributed by atoms with van der Waals surface area (Å²) in [4.78, 5) is 14.9. The van der Waals surface area contributed by atoms with Gasteiger partial charge in [-0.15, -0.1) is 0 Å². The molecule has 8 heteroatoms. The van der Waals surface area contributed by atoms with Crippen molar-refractivity contribution in [2.24, 2.45) is 0 Å². The highest BCUT2D eigenvalue weighted by atomic mass is 19.4. The Morgan fingerprint density at radius 3 is 2.57 bits per heavy atom. The van der Waals surface area contributed by atoms with Gasteiger partial charge in [0.25, 0.3) is 0 Å². The number of nitrogens with zero attached hydrogens (tertiary/aromatic N) is 1. The van der Waals surface area contributed by atoms with Crippen molar-refractivity contribution in [2.75, 3.05) is 13.2 Å². The number of amides is 1. The molecule has 0 saturated heterocycles. The molecule has 0 unspecified atom stereocenters. The number of ether oxygens (including phenoxy) is 2. The molecule has 5 nitrogen and oxygen atoms in total. The molecule has 0 atom stereocenters. The Balaban J connectivity index is 2.46. The van der Waals surface area contributed by atoms with Crippen LogP contribution in [0.3, 0.4) is 0 Å². The van der Waals surface area contributed by atoms with E-state index >= 15 is 0 Å². The van der Waals surface area contributed by atoms with Crippen molar-refractivity contribution in [3.05, 3.63) is 24.0 Å². The molecular formula is C13H17F3N2O3. The third-order valence-electron chi connectivity index (χ3n) is 2.12. The first-order chi connectivity index (χ1) is 9.59. The summed E-state index contributed by atoms with van der Waals surface area (Å²) in [5.74, 6) is -0.379. The van der Waals surface area contributed by atoms with Crippen molar-refractivity contribution < 1.29 is 27.4 Å². The number of aromatic nitrogens is 1. The van der Waals surface area contributed by atoms with Crippen LogP contribution < -0.4 is 10.1 Å². The van der Waals surface area contributed by atoms with E-state index in [0.29, 0.717) is 0 Å². The molecule has 0 aliphatic heterocycles. The Labute approximate surface area is 120 Å². The zero-order valence-electron chi connectivity index (χ0n) is 12.0. The SMILES string of the molecule is CC(C)(C)OC(=O)NCCOc1cnccc1C(F)(F)F. The van der Waals surface area contributed by atoms with E-state index in [2.05, 4.69) is 10.3 Å². The number of alkyl halides is 3. The van der Waals surface area contributed by atoms with E-state index in [4.69, 9.17) is 9.47 Å². The van der Waals surface area contributed by atoms with Crippen LogP contribution in [0.5, 0.6) is 5.75 Å². The lowest BCUT2D eigenvalue weighted by atomic mass is 10.2. The minimum atomic E-state index is -4.52. The molecule has 0 bridgehead atoms. The highest BCUT2D eigenvalue weighted by Crippen LogP contribution is 2.35. The van der Waals surface area contributed by atoms with E-state index in [0.717, 1.165) is 18.5 Å². The number of nitrogens with one attached hydrogen (secondary N) is 1. The molecule has 0 aliphatic rings. The number of pyridine rings is 1. The second-order valence-electron chi connectivity index (χ2n) is 5.15. The molecule has 0 aromatic carbocycles. The van der Waals surface area contributed by atoms with Crippen LogP contribution in [0.2, 0.25) is 0 Å². The summed E-state index contributed by atoms with van der Waals surface area (Å²) in [6, 6.07) is 0.830. The third-order valence-corrected chi connectivity index (χ3v) is 2.12. The van der Waals surface area contributed by atoms with Gasteiger partial charge in [-0.25, -0.2) is 4.79 Å². The number of hydrogen-bond donors (Lipinski definition) is 1. The molecule has 21 heavy (non-hydrogen) atoms. The molecule has 1 amide bonds. The Morgan fingerprint density at radius 2 is 2.00 bits per heavy atom. The van der Waals surface area contributed by atoms with Crippen molar-refractivity contribution in [3.8, 4) is 5.75 Å². The zero-order valence-corrected chi connectivity index (χ0v) is 12.0. The zero-order chi connectivity index (χ0) is 16.1. The topological polar surface area (TPSA) is 60.5 Å². The average molecular weight is 306 g/mol. The maximum Gasteiger partial charge on any atom is 0.420 e. The normalized spacial score (nSPS) is 11.9. The summed E-state index contributed by atoms with van der Waals surface area (Å²) < 4.78 is 48.0. The molecule has 1 aromatic heterocycles. The summed E-state index contributed by atoms with van der Waals surface area (Å²) in [6.45, 7) is 4.99. The maximum absolute atomic E-state index is 12.7. The summed E-state index contributed by atoms with van der Waals surface area (Å²) in [7, 11) is 0. The molecular weight excluding hydrogens is 289 g/mol. The van der Waals surface area contributed by atoms with E-state index in [9.17, 15) is 18.0 Å². The van der Waals surface area contributed by atoms with Crippen LogP contribution in [0.25, 0.3) is 0 Å². The molecule has 0 saturated carbocycles. The van der Waals surface area contributed by atoms with Gasteiger partial charge in [-0.05, 0) is 26.8 Å². The molecule has 0 aliphatic carbocycles. The second-order valence-corrected chi connectivity index (χ2v) is 5.15. The lowest BCUT2D eigenvalue weighted by molar-refractivity contribution is -0.139. The smallest absolute Gasteiger partial charge is 0.420 e. The second kappa shape index (κ2) is 6.64. The van der Waals surface area contributed by atoms with Gasteiger partial charge in [0, 0.05) is 6.20 Å². The first kappa shape index (κ1) is 17.1. The minimum absolute atomic E-state index is 0.0150. The molecule has 118 valence electrons. The Morgan fingerprint density at radius 1 is 1.33 bits per heavy atom. The van der Waals surface area contributed by atoms with Crippen LogP contribution in [0.15, 0.2) is 18.5 Å². The Kier molecular flexibility index (Phi) is 5.40. The lowest BCUT2D eigenvalue weighted by Crippen LogP contribution is -2.34. The largest absolute Gasteiger partial charge is 0.489 e. The monoisotopic (exact) mass is 306 g/mol.